The Morgan fingerprint density at radius 3 is 2.02 bits per heavy atom. The molecule has 2 aliphatic carbocycles. The van der Waals surface area contributed by atoms with Crippen LogP contribution in [0.5, 0.6) is 0 Å². The summed E-state index contributed by atoms with van der Waals surface area (Å²) in [5, 5.41) is 23.4. The van der Waals surface area contributed by atoms with Crippen molar-refractivity contribution in [3.8, 4) is 0 Å². The molecule has 3 fully saturated rings. The van der Waals surface area contributed by atoms with Gasteiger partial charge < -0.3 is 38.6 Å². The molecule has 1 saturated carbocycles. The molecule has 0 aromatic heterocycles. The van der Waals surface area contributed by atoms with Crippen LogP contribution in [0.1, 0.15) is 81.1 Å². The molecule has 4 rings (SSSR count). The quantitative estimate of drug-likeness (QED) is 0.191. The zero-order valence-electron chi connectivity index (χ0n) is 25.8. The van der Waals surface area contributed by atoms with E-state index in [9.17, 15) is 34.2 Å². The zero-order valence-corrected chi connectivity index (χ0v) is 25.8. The lowest BCUT2D eigenvalue weighted by Gasteiger charge is -2.59. The van der Waals surface area contributed by atoms with Crippen LogP contribution in [-0.4, -0.2) is 93.5 Å². The summed E-state index contributed by atoms with van der Waals surface area (Å²) < 4.78 is 35.3. The third-order valence-corrected chi connectivity index (χ3v) is 9.64. The molecular formula is C30H42O13. The lowest BCUT2D eigenvalue weighted by Crippen LogP contribution is -2.72. The van der Waals surface area contributed by atoms with Gasteiger partial charge in [0.15, 0.2) is 17.3 Å². The number of esters is 5. The van der Waals surface area contributed by atoms with Crippen LogP contribution in [0.4, 0.5) is 0 Å². The minimum atomic E-state index is -2.09. The highest BCUT2D eigenvalue weighted by molar-refractivity contribution is 5.89. The fraction of sp³-hybridized carbons (Fsp3) is 0.767. The number of rotatable bonds is 6. The topological polar surface area (TPSA) is 184 Å². The summed E-state index contributed by atoms with van der Waals surface area (Å²) in [7, 11) is 0. The summed E-state index contributed by atoms with van der Waals surface area (Å²) in [6.07, 6.45) is -5.91. The van der Waals surface area contributed by atoms with Crippen molar-refractivity contribution in [3.05, 3.63) is 11.6 Å². The average molecular weight is 611 g/mol. The van der Waals surface area contributed by atoms with Gasteiger partial charge in [0.25, 0.3) is 0 Å². The van der Waals surface area contributed by atoms with E-state index in [0.717, 1.165) is 6.92 Å². The smallest absolute Gasteiger partial charge is 0.342 e. The molecule has 0 bridgehead atoms. The first-order chi connectivity index (χ1) is 19.9. The van der Waals surface area contributed by atoms with Crippen LogP contribution in [-0.2, 0) is 52.4 Å². The SMILES string of the molecule is CCCC(=O)OC1CC(OC(C)=O)C2(C)C(OC(C)=O)CC(O)C(C)(O)C2C(OC(C)=O)C23OC2(C)C(=O)OC3C=C1C. The van der Waals surface area contributed by atoms with Crippen LogP contribution in [0.15, 0.2) is 11.6 Å². The van der Waals surface area contributed by atoms with Crippen molar-refractivity contribution in [1.29, 1.82) is 0 Å². The van der Waals surface area contributed by atoms with Crippen LogP contribution in [0.3, 0.4) is 0 Å². The number of epoxide rings is 1. The summed E-state index contributed by atoms with van der Waals surface area (Å²) in [5.74, 6) is -4.88. The maximum atomic E-state index is 13.2. The summed E-state index contributed by atoms with van der Waals surface area (Å²) in [4.78, 5) is 63.7. The average Bonchev–Trinajstić information content (AvgIpc) is 3.46. The van der Waals surface area contributed by atoms with Crippen LogP contribution < -0.4 is 0 Å². The molecule has 13 nitrogen and oxygen atoms in total. The molecule has 2 saturated heterocycles. The fourth-order valence-electron chi connectivity index (χ4n) is 7.46. The number of carbonyl (C=O) groups is 5. The molecule has 240 valence electrons. The van der Waals surface area contributed by atoms with Crippen molar-refractivity contribution >= 4 is 29.8 Å². The first kappa shape index (κ1) is 32.9. The Balaban J connectivity index is 2.06. The summed E-state index contributed by atoms with van der Waals surface area (Å²) in [5.41, 5.74) is -6.61. The van der Waals surface area contributed by atoms with Gasteiger partial charge in [0, 0.05) is 46.0 Å². The molecule has 0 radical (unpaired) electrons. The lowest BCUT2D eigenvalue weighted by molar-refractivity contribution is -0.275. The second-order valence-corrected chi connectivity index (χ2v) is 12.7. The minimum absolute atomic E-state index is 0.108. The van der Waals surface area contributed by atoms with Gasteiger partial charge in [-0.15, -0.1) is 0 Å². The molecular weight excluding hydrogens is 568 g/mol. The van der Waals surface area contributed by atoms with Gasteiger partial charge in [-0.3, -0.25) is 19.2 Å². The summed E-state index contributed by atoms with van der Waals surface area (Å²) in [6.45, 7) is 11.3. The Hall–Kier alpha value is -3.03. The number of carbonyl (C=O) groups excluding carboxylic acids is 5. The normalized spacial score (nSPS) is 43.4. The van der Waals surface area contributed by atoms with Gasteiger partial charge in [-0.05, 0) is 38.8 Å². The Morgan fingerprint density at radius 2 is 1.51 bits per heavy atom. The Bertz CT molecular complexity index is 1220. The molecule has 1 spiro atoms. The van der Waals surface area contributed by atoms with Gasteiger partial charge in [0.1, 0.15) is 24.4 Å². The molecule has 4 aliphatic rings. The van der Waals surface area contributed by atoms with E-state index in [1.807, 2.05) is 6.92 Å². The number of hydrogen-bond donors (Lipinski definition) is 2. The number of aliphatic hydroxyl groups excluding tert-OH is 1. The van der Waals surface area contributed by atoms with Crippen LogP contribution in [0.25, 0.3) is 0 Å². The van der Waals surface area contributed by atoms with E-state index in [1.54, 1.807) is 19.9 Å². The standard InChI is InChI=1S/C30H42O13/c1-9-10-23(35)41-18-12-20(38-15(3)31)27(6)21(39-16(4)32)13-19(34)28(7,37)24(27)25(40-17(5)33)30-22(11-14(18)2)42-26(36)29(30,8)43-30/h11,18-22,24-25,34,37H,9-10,12-13H2,1-8H3. The van der Waals surface area contributed by atoms with Crippen molar-refractivity contribution < 1.29 is 62.6 Å². The van der Waals surface area contributed by atoms with Gasteiger partial charge in [-0.25, -0.2) is 4.79 Å². The third-order valence-electron chi connectivity index (χ3n) is 9.64. The molecule has 13 heteroatoms. The van der Waals surface area contributed by atoms with Gasteiger partial charge >= 0.3 is 29.8 Å². The summed E-state index contributed by atoms with van der Waals surface area (Å²) >= 11 is 0. The van der Waals surface area contributed by atoms with E-state index in [0.29, 0.717) is 12.0 Å². The highest BCUT2D eigenvalue weighted by atomic mass is 16.7. The van der Waals surface area contributed by atoms with E-state index in [-0.39, 0.29) is 19.3 Å². The maximum Gasteiger partial charge on any atom is 0.342 e. The molecule has 0 aromatic rings. The van der Waals surface area contributed by atoms with Crippen molar-refractivity contribution in [2.45, 2.75) is 135 Å². The first-order valence-corrected chi connectivity index (χ1v) is 14.6. The number of hydrogen-bond acceptors (Lipinski definition) is 13. The lowest BCUT2D eigenvalue weighted by atomic mass is 9.51. The maximum absolute atomic E-state index is 13.2. The van der Waals surface area contributed by atoms with Crippen molar-refractivity contribution in [1.82, 2.24) is 0 Å². The Labute approximate surface area is 250 Å². The highest BCUT2D eigenvalue weighted by Crippen LogP contribution is 2.66. The van der Waals surface area contributed by atoms with Gasteiger partial charge in [0.2, 0.25) is 0 Å². The van der Waals surface area contributed by atoms with Crippen molar-refractivity contribution in [3.63, 3.8) is 0 Å². The van der Waals surface area contributed by atoms with E-state index in [1.165, 1.54) is 27.7 Å². The van der Waals surface area contributed by atoms with Gasteiger partial charge in [-0.1, -0.05) is 13.8 Å². The van der Waals surface area contributed by atoms with E-state index in [4.69, 9.17) is 28.4 Å². The number of aliphatic hydroxyl groups is 2. The monoisotopic (exact) mass is 610 g/mol. The Kier molecular flexibility index (Phi) is 8.53. The van der Waals surface area contributed by atoms with Crippen LogP contribution in [0, 0.1) is 11.3 Å². The second-order valence-electron chi connectivity index (χ2n) is 12.7. The summed E-state index contributed by atoms with van der Waals surface area (Å²) in [6, 6.07) is 0. The van der Waals surface area contributed by atoms with Crippen molar-refractivity contribution in [2.75, 3.05) is 0 Å². The molecule has 2 aliphatic heterocycles. The third kappa shape index (κ3) is 5.22. The van der Waals surface area contributed by atoms with Gasteiger partial charge in [-0.2, -0.15) is 0 Å². The zero-order chi connectivity index (χ0) is 32.3. The van der Waals surface area contributed by atoms with E-state index < -0.39 is 94.6 Å². The molecule has 0 amide bonds. The van der Waals surface area contributed by atoms with Crippen molar-refractivity contribution in [2.24, 2.45) is 11.3 Å². The molecule has 11 atom stereocenters. The first-order valence-electron chi connectivity index (χ1n) is 14.6. The predicted octanol–water partition coefficient (Wildman–Crippen LogP) is 1.43. The second kappa shape index (κ2) is 11.2. The largest absolute Gasteiger partial charge is 0.462 e. The van der Waals surface area contributed by atoms with Crippen LogP contribution in [0.2, 0.25) is 0 Å². The highest BCUT2D eigenvalue weighted by Gasteiger charge is 2.88. The molecule has 2 N–H and O–H groups in total. The van der Waals surface area contributed by atoms with E-state index >= 15 is 0 Å². The Morgan fingerprint density at radius 1 is 0.953 bits per heavy atom. The minimum Gasteiger partial charge on any atom is -0.462 e. The number of fused-ring (bicyclic) bond motifs is 1. The molecule has 43 heavy (non-hydrogen) atoms. The number of ether oxygens (including phenoxy) is 6. The van der Waals surface area contributed by atoms with E-state index in [2.05, 4.69) is 0 Å². The van der Waals surface area contributed by atoms with Crippen LogP contribution >= 0.6 is 0 Å². The van der Waals surface area contributed by atoms with Gasteiger partial charge in [0.05, 0.1) is 17.1 Å². The molecule has 2 heterocycles. The molecule has 0 aromatic carbocycles. The predicted molar refractivity (Wildman–Crippen MR) is 145 cm³/mol. The fourth-order valence-corrected chi connectivity index (χ4v) is 7.46. The molecule has 11 unspecified atom stereocenters.